The average molecular weight is 429 g/mol. The number of hydrogen-bond donors (Lipinski definition) is 2. The predicted octanol–water partition coefficient (Wildman–Crippen LogP) is 4.46. The molecule has 0 spiro atoms. The molecule has 0 bridgehead atoms. The van der Waals surface area contributed by atoms with E-state index >= 15 is 0 Å². The van der Waals surface area contributed by atoms with Gasteiger partial charge in [-0.15, -0.1) is 0 Å². The molecule has 1 aliphatic carbocycles. The van der Waals surface area contributed by atoms with Crippen molar-refractivity contribution in [2.75, 3.05) is 12.4 Å². The summed E-state index contributed by atoms with van der Waals surface area (Å²) in [5.41, 5.74) is 11.9. The van der Waals surface area contributed by atoms with Crippen LogP contribution in [0.1, 0.15) is 31.2 Å². The summed E-state index contributed by atoms with van der Waals surface area (Å²) in [5.74, 6) is 1.49. The third-order valence-corrected chi connectivity index (χ3v) is 6.23. The lowest BCUT2D eigenvalue weighted by Crippen LogP contribution is -2.33. The number of aromatic nitrogens is 4. The van der Waals surface area contributed by atoms with Crippen molar-refractivity contribution >= 4 is 11.6 Å². The fourth-order valence-corrected chi connectivity index (χ4v) is 4.35. The molecule has 3 heterocycles. The molecule has 0 radical (unpaired) electrons. The van der Waals surface area contributed by atoms with E-state index in [-0.39, 0.29) is 0 Å². The predicted molar refractivity (Wildman–Crippen MR) is 127 cm³/mol. The lowest BCUT2D eigenvalue weighted by Gasteiger charge is -2.26. The number of anilines is 1. The molecule has 7 nitrogen and oxygen atoms in total. The van der Waals surface area contributed by atoms with Crippen LogP contribution in [0.4, 0.5) is 5.95 Å². The zero-order chi connectivity index (χ0) is 22.1. The molecule has 0 amide bonds. The van der Waals surface area contributed by atoms with E-state index < -0.39 is 0 Å². The summed E-state index contributed by atoms with van der Waals surface area (Å²) >= 11 is 0. The minimum absolute atomic E-state index is 0.319. The molecule has 3 aromatic heterocycles. The van der Waals surface area contributed by atoms with Crippen molar-refractivity contribution in [3.8, 4) is 28.3 Å². The number of pyridine rings is 1. The quantitative estimate of drug-likeness (QED) is 0.488. The highest BCUT2D eigenvalue weighted by Crippen LogP contribution is 2.28. The van der Waals surface area contributed by atoms with E-state index in [1.807, 2.05) is 43.6 Å². The van der Waals surface area contributed by atoms with E-state index in [0.717, 1.165) is 65.2 Å². The van der Waals surface area contributed by atoms with Crippen LogP contribution in [0.5, 0.6) is 5.75 Å². The molecule has 0 unspecified atom stereocenters. The van der Waals surface area contributed by atoms with Crippen LogP contribution in [0.3, 0.4) is 0 Å². The molecule has 0 aliphatic heterocycles. The van der Waals surface area contributed by atoms with E-state index in [2.05, 4.69) is 38.0 Å². The largest absolute Gasteiger partial charge is 0.497 e. The van der Waals surface area contributed by atoms with Gasteiger partial charge in [-0.05, 0) is 73.6 Å². The van der Waals surface area contributed by atoms with Crippen molar-refractivity contribution in [2.24, 2.45) is 5.73 Å². The first-order chi connectivity index (χ1) is 15.6. The van der Waals surface area contributed by atoms with Gasteiger partial charge in [-0.1, -0.05) is 12.1 Å². The molecule has 4 aromatic rings. The summed E-state index contributed by atoms with van der Waals surface area (Å²) in [6.45, 7) is 2.03. The number of aryl methyl sites for hydroxylation is 1. The molecule has 0 atom stereocenters. The maximum absolute atomic E-state index is 6.05. The monoisotopic (exact) mass is 428 g/mol. The van der Waals surface area contributed by atoms with Crippen LogP contribution in [-0.2, 0) is 0 Å². The van der Waals surface area contributed by atoms with Crippen molar-refractivity contribution in [2.45, 2.75) is 44.7 Å². The minimum atomic E-state index is 0.319. The molecule has 32 heavy (non-hydrogen) atoms. The molecule has 1 saturated carbocycles. The van der Waals surface area contributed by atoms with Crippen LogP contribution in [0.25, 0.3) is 28.2 Å². The van der Waals surface area contributed by atoms with Crippen LogP contribution in [0, 0.1) is 6.92 Å². The van der Waals surface area contributed by atoms with Gasteiger partial charge in [0.25, 0.3) is 0 Å². The van der Waals surface area contributed by atoms with Gasteiger partial charge in [0.2, 0.25) is 5.95 Å². The summed E-state index contributed by atoms with van der Waals surface area (Å²) in [6, 6.07) is 12.8. The number of nitrogens with zero attached hydrogens (tertiary/aromatic N) is 4. The second-order valence-corrected chi connectivity index (χ2v) is 8.50. The molecule has 3 N–H and O–H groups in total. The lowest BCUT2D eigenvalue weighted by molar-refractivity contribution is 0.410. The summed E-state index contributed by atoms with van der Waals surface area (Å²) in [6.07, 6.45) is 10.0. The molecule has 164 valence electrons. The van der Waals surface area contributed by atoms with E-state index in [1.54, 1.807) is 7.11 Å². The molecule has 1 aliphatic rings. The second-order valence-electron chi connectivity index (χ2n) is 8.50. The SMILES string of the molecule is COc1cccc(-c2ccc3ncc(-c4nc(NC5CCC(N)CC5)ncc4C)n3c2)c1. The maximum Gasteiger partial charge on any atom is 0.223 e. The number of benzene rings is 1. The summed E-state index contributed by atoms with van der Waals surface area (Å²) < 4.78 is 7.48. The smallest absolute Gasteiger partial charge is 0.223 e. The standard InChI is InChI=1S/C25H28N6O/c1-16-13-28-25(29-20-9-7-19(26)8-10-20)30-24(16)22-14-27-23-11-6-18(15-31(22)23)17-4-3-5-21(12-17)32-2/h3-6,11-15,19-20H,7-10,26H2,1-2H3,(H,28,29,30). The highest BCUT2D eigenvalue weighted by atomic mass is 16.5. The van der Waals surface area contributed by atoms with Crippen molar-refractivity contribution < 1.29 is 4.74 Å². The molecule has 5 rings (SSSR count). The van der Waals surface area contributed by atoms with Gasteiger partial charge in [0.05, 0.1) is 24.7 Å². The van der Waals surface area contributed by atoms with Crippen molar-refractivity contribution in [3.63, 3.8) is 0 Å². The Morgan fingerprint density at radius 3 is 2.69 bits per heavy atom. The van der Waals surface area contributed by atoms with Gasteiger partial charge in [0.1, 0.15) is 11.4 Å². The summed E-state index contributed by atoms with van der Waals surface area (Å²) in [5, 5.41) is 3.51. The topological polar surface area (TPSA) is 90.4 Å². The highest BCUT2D eigenvalue weighted by molar-refractivity contribution is 5.70. The fourth-order valence-electron chi connectivity index (χ4n) is 4.35. The van der Waals surface area contributed by atoms with Crippen molar-refractivity contribution in [1.82, 2.24) is 19.4 Å². The summed E-state index contributed by atoms with van der Waals surface area (Å²) in [4.78, 5) is 14.0. The second kappa shape index (κ2) is 8.59. The molecule has 0 saturated heterocycles. The Kier molecular flexibility index (Phi) is 5.49. The zero-order valence-corrected chi connectivity index (χ0v) is 18.5. The molecule has 1 aromatic carbocycles. The highest BCUT2D eigenvalue weighted by Gasteiger charge is 2.20. The first kappa shape index (κ1) is 20.5. The number of nitrogens with one attached hydrogen (secondary N) is 1. The Hall–Kier alpha value is -3.45. The van der Waals surface area contributed by atoms with E-state index in [0.29, 0.717) is 18.0 Å². The molecular weight excluding hydrogens is 400 g/mol. The maximum atomic E-state index is 6.05. The fraction of sp³-hybridized carbons (Fsp3) is 0.320. The number of hydrogen-bond acceptors (Lipinski definition) is 6. The molecule has 1 fully saturated rings. The van der Waals surface area contributed by atoms with Crippen molar-refractivity contribution in [3.05, 3.63) is 60.6 Å². The number of imidazole rings is 1. The lowest BCUT2D eigenvalue weighted by atomic mass is 9.92. The zero-order valence-electron chi connectivity index (χ0n) is 18.5. The number of rotatable bonds is 5. The number of fused-ring (bicyclic) bond motifs is 1. The van der Waals surface area contributed by atoms with Gasteiger partial charge in [-0.3, -0.25) is 4.40 Å². The number of nitrogens with two attached hydrogens (primary N) is 1. The van der Waals surface area contributed by atoms with Crippen LogP contribution in [0.15, 0.2) is 55.0 Å². The van der Waals surface area contributed by atoms with Gasteiger partial charge >= 0.3 is 0 Å². The van der Waals surface area contributed by atoms with Gasteiger partial charge in [0.15, 0.2) is 0 Å². The van der Waals surface area contributed by atoms with Gasteiger partial charge in [-0.25, -0.2) is 15.0 Å². The Labute approximate surface area is 187 Å². The van der Waals surface area contributed by atoms with E-state index in [9.17, 15) is 0 Å². The number of ether oxygens (including phenoxy) is 1. The number of methoxy groups -OCH3 is 1. The van der Waals surface area contributed by atoms with Gasteiger partial charge in [-0.2, -0.15) is 0 Å². The van der Waals surface area contributed by atoms with Crippen molar-refractivity contribution in [1.29, 1.82) is 0 Å². The van der Waals surface area contributed by atoms with E-state index in [4.69, 9.17) is 15.5 Å². The first-order valence-corrected chi connectivity index (χ1v) is 11.1. The van der Waals surface area contributed by atoms with Gasteiger partial charge < -0.3 is 15.8 Å². The summed E-state index contributed by atoms with van der Waals surface area (Å²) in [7, 11) is 1.68. The average Bonchev–Trinajstić information content (AvgIpc) is 3.25. The Bertz CT molecular complexity index is 1240. The Morgan fingerprint density at radius 1 is 1.03 bits per heavy atom. The third kappa shape index (κ3) is 4.03. The third-order valence-electron chi connectivity index (χ3n) is 6.23. The minimum Gasteiger partial charge on any atom is -0.497 e. The van der Waals surface area contributed by atoms with Crippen LogP contribution in [-0.4, -0.2) is 38.5 Å². The van der Waals surface area contributed by atoms with Crippen LogP contribution < -0.4 is 15.8 Å². The molecule has 7 heteroatoms. The van der Waals surface area contributed by atoms with Crippen LogP contribution >= 0.6 is 0 Å². The molecular formula is C25H28N6O. The van der Waals surface area contributed by atoms with Crippen LogP contribution in [0.2, 0.25) is 0 Å². The first-order valence-electron chi connectivity index (χ1n) is 11.1. The Balaban J connectivity index is 1.50. The van der Waals surface area contributed by atoms with Gasteiger partial charge in [0, 0.05) is 24.5 Å². The normalized spacial score (nSPS) is 18.6. The van der Waals surface area contributed by atoms with E-state index in [1.165, 1.54) is 0 Å². The Morgan fingerprint density at radius 2 is 1.88 bits per heavy atom.